The molecule has 0 fully saturated rings. The molecule has 0 spiro atoms. The fourth-order valence-corrected chi connectivity index (χ4v) is 4.66. The fraction of sp³-hybridized carbons (Fsp3) is 0.250. The van der Waals surface area contributed by atoms with E-state index in [4.69, 9.17) is 4.74 Å². The van der Waals surface area contributed by atoms with E-state index >= 15 is 0 Å². The highest BCUT2D eigenvalue weighted by Gasteiger charge is 2.29. The molecule has 0 saturated carbocycles. The van der Waals surface area contributed by atoms with Crippen molar-refractivity contribution in [3.8, 4) is 5.75 Å². The first kappa shape index (κ1) is 24.0. The Morgan fingerprint density at radius 1 is 0.800 bits per heavy atom. The first-order valence-electron chi connectivity index (χ1n) is 9.66. The SMILES string of the molecule is CC(C)(C)Oc1cccc([S+](c2ccccc2)c2ccccc2)c1.CCS(=O)(=O)[O-]. The van der Waals surface area contributed by atoms with Gasteiger partial charge < -0.3 is 9.29 Å². The molecule has 6 heteroatoms. The van der Waals surface area contributed by atoms with Crippen LogP contribution >= 0.6 is 0 Å². The summed E-state index contributed by atoms with van der Waals surface area (Å²) in [5, 5.41) is 0. The van der Waals surface area contributed by atoms with E-state index in [1.54, 1.807) is 0 Å². The quantitative estimate of drug-likeness (QED) is 0.384. The molecule has 0 amide bonds. The molecule has 3 rings (SSSR count). The smallest absolute Gasteiger partial charge is 0.170 e. The molecule has 4 nitrogen and oxygen atoms in total. The van der Waals surface area contributed by atoms with E-state index in [-0.39, 0.29) is 22.2 Å². The third-order valence-corrected chi connectivity index (χ3v) is 6.70. The molecule has 160 valence electrons. The van der Waals surface area contributed by atoms with Crippen LogP contribution in [0.25, 0.3) is 0 Å². The molecule has 0 heterocycles. The molecule has 3 aromatic carbocycles. The normalized spacial score (nSPS) is 11.5. The van der Waals surface area contributed by atoms with Crippen LogP contribution in [-0.4, -0.2) is 24.3 Å². The fourth-order valence-electron chi connectivity index (χ4n) is 2.54. The third-order valence-electron chi connectivity index (χ3n) is 3.78. The molecule has 0 aliphatic carbocycles. The van der Waals surface area contributed by atoms with Gasteiger partial charge in [0.25, 0.3) is 0 Å². The van der Waals surface area contributed by atoms with Crippen molar-refractivity contribution in [1.82, 2.24) is 0 Å². The first-order chi connectivity index (χ1) is 14.1. The van der Waals surface area contributed by atoms with E-state index in [1.807, 2.05) is 6.07 Å². The van der Waals surface area contributed by atoms with Gasteiger partial charge in [-0.1, -0.05) is 49.4 Å². The lowest BCUT2D eigenvalue weighted by Gasteiger charge is -2.21. The highest BCUT2D eigenvalue weighted by Crippen LogP contribution is 2.33. The molecule has 0 bridgehead atoms. The van der Waals surface area contributed by atoms with Crippen molar-refractivity contribution < 1.29 is 17.7 Å². The summed E-state index contributed by atoms with van der Waals surface area (Å²) >= 11 is 0. The zero-order valence-corrected chi connectivity index (χ0v) is 19.4. The molecule has 0 N–H and O–H groups in total. The maximum Gasteiger partial charge on any atom is 0.170 e. The van der Waals surface area contributed by atoms with Crippen molar-refractivity contribution in [3.63, 3.8) is 0 Å². The van der Waals surface area contributed by atoms with Crippen molar-refractivity contribution in [3.05, 3.63) is 84.9 Å². The summed E-state index contributed by atoms with van der Waals surface area (Å²) in [5.74, 6) is 0.608. The largest absolute Gasteiger partial charge is 0.748 e. The molecular weight excluding hydrogens is 416 g/mol. The molecule has 30 heavy (non-hydrogen) atoms. The van der Waals surface area contributed by atoms with Crippen LogP contribution in [0.15, 0.2) is 99.6 Å². The van der Waals surface area contributed by atoms with Crippen molar-refractivity contribution in [2.75, 3.05) is 5.75 Å². The van der Waals surface area contributed by atoms with Crippen molar-refractivity contribution in [2.45, 2.75) is 48.0 Å². The van der Waals surface area contributed by atoms with Crippen molar-refractivity contribution in [2.24, 2.45) is 0 Å². The Hall–Kier alpha value is -2.28. The Morgan fingerprint density at radius 3 is 1.63 bits per heavy atom. The minimum absolute atomic E-state index is 0.133. The number of ether oxygens (including phenoxy) is 1. The molecule has 0 aromatic heterocycles. The molecule has 0 radical (unpaired) electrons. The van der Waals surface area contributed by atoms with Gasteiger partial charge in [0.05, 0.1) is 21.0 Å². The van der Waals surface area contributed by atoms with E-state index in [1.165, 1.54) is 21.6 Å². The summed E-state index contributed by atoms with van der Waals surface area (Å²) in [6, 6.07) is 29.8. The summed E-state index contributed by atoms with van der Waals surface area (Å²) < 4.78 is 34.4. The minimum Gasteiger partial charge on any atom is -0.748 e. The standard InChI is InChI=1S/C22H23OS.C2H6O3S/c1-22(2,3)23-18-11-10-16-21(17-18)24(19-12-6-4-7-13-19)20-14-8-5-9-15-20;1-2-6(3,4)5/h4-17H,1-3H3;2H2,1H3,(H,3,4,5)/q+1;/p-1. The Bertz CT molecular complexity index is 972. The lowest BCUT2D eigenvalue weighted by Crippen LogP contribution is -2.23. The van der Waals surface area contributed by atoms with Crippen LogP contribution in [0.4, 0.5) is 0 Å². The van der Waals surface area contributed by atoms with Gasteiger partial charge in [0, 0.05) is 11.8 Å². The van der Waals surface area contributed by atoms with E-state index in [2.05, 4.69) is 99.6 Å². The summed E-state index contributed by atoms with van der Waals surface area (Å²) in [4.78, 5) is 3.90. The second-order valence-corrected chi connectivity index (χ2v) is 11.2. The van der Waals surface area contributed by atoms with Gasteiger partial charge in [-0.15, -0.1) is 0 Å². The summed E-state index contributed by atoms with van der Waals surface area (Å²) in [6.07, 6.45) is 0. The Morgan fingerprint density at radius 2 is 1.23 bits per heavy atom. The summed E-state index contributed by atoms with van der Waals surface area (Å²) in [5.41, 5.74) is -0.198. The maximum absolute atomic E-state index is 9.44. The summed E-state index contributed by atoms with van der Waals surface area (Å²) in [7, 11) is -4.05. The van der Waals surface area contributed by atoms with Gasteiger partial charge in [-0.2, -0.15) is 0 Å². The van der Waals surface area contributed by atoms with Crippen molar-refractivity contribution in [1.29, 1.82) is 0 Å². The van der Waals surface area contributed by atoms with Crippen LogP contribution in [0.1, 0.15) is 27.7 Å². The monoisotopic (exact) mass is 444 g/mol. The molecule has 0 unspecified atom stereocenters. The van der Waals surface area contributed by atoms with Gasteiger partial charge in [0.1, 0.15) is 11.4 Å². The molecule has 0 aliphatic heterocycles. The van der Waals surface area contributed by atoms with Crippen LogP contribution in [0, 0.1) is 0 Å². The predicted molar refractivity (Wildman–Crippen MR) is 122 cm³/mol. The average molecular weight is 445 g/mol. The number of rotatable bonds is 5. The Kier molecular flexibility index (Phi) is 8.53. The van der Waals surface area contributed by atoms with Crippen LogP contribution in [-0.2, 0) is 21.0 Å². The van der Waals surface area contributed by atoms with Gasteiger partial charge >= 0.3 is 0 Å². The van der Waals surface area contributed by atoms with E-state index in [0.717, 1.165) is 5.75 Å². The Labute approximate surface area is 183 Å². The maximum atomic E-state index is 9.44. The highest BCUT2D eigenvalue weighted by molar-refractivity contribution is 7.97. The van der Waals surface area contributed by atoms with E-state index < -0.39 is 10.1 Å². The number of hydrogen-bond donors (Lipinski definition) is 0. The van der Waals surface area contributed by atoms with Gasteiger partial charge in [0.15, 0.2) is 14.7 Å². The van der Waals surface area contributed by atoms with Crippen LogP contribution < -0.4 is 4.74 Å². The predicted octanol–water partition coefficient (Wildman–Crippen LogP) is 5.51. The van der Waals surface area contributed by atoms with Gasteiger partial charge in [-0.05, 0) is 57.2 Å². The average Bonchev–Trinajstić information content (AvgIpc) is 2.69. The van der Waals surface area contributed by atoms with Gasteiger partial charge in [-0.25, -0.2) is 8.42 Å². The molecule has 0 aliphatic rings. The zero-order chi connectivity index (χ0) is 22.2. The topological polar surface area (TPSA) is 66.4 Å². The lowest BCUT2D eigenvalue weighted by molar-refractivity contribution is 0.130. The van der Waals surface area contributed by atoms with E-state index in [9.17, 15) is 13.0 Å². The van der Waals surface area contributed by atoms with Gasteiger partial charge in [-0.3, -0.25) is 0 Å². The van der Waals surface area contributed by atoms with Crippen LogP contribution in [0.3, 0.4) is 0 Å². The minimum atomic E-state index is -3.91. The molecular formula is C24H28O4S2. The summed E-state index contributed by atoms with van der Waals surface area (Å²) in [6.45, 7) is 7.54. The highest BCUT2D eigenvalue weighted by atomic mass is 32.2. The zero-order valence-electron chi connectivity index (χ0n) is 17.7. The number of hydrogen-bond acceptors (Lipinski definition) is 4. The lowest BCUT2D eigenvalue weighted by atomic mass is 10.2. The second kappa shape index (κ2) is 10.7. The van der Waals surface area contributed by atoms with Gasteiger partial charge in [0.2, 0.25) is 0 Å². The second-order valence-electron chi connectivity index (χ2n) is 7.47. The Balaban J connectivity index is 0.000000469. The van der Waals surface area contributed by atoms with Crippen LogP contribution in [0.5, 0.6) is 5.75 Å². The molecule has 0 atom stereocenters. The molecule has 3 aromatic rings. The first-order valence-corrected chi connectivity index (χ1v) is 12.5. The molecule has 0 saturated heterocycles. The third kappa shape index (κ3) is 8.22. The van der Waals surface area contributed by atoms with Crippen LogP contribution in [0.2, 0.25) is 0 Å². The van der Waals surface area contributed by atoms with E-state index in [0.29, 0.717) is 0 Å². The number of benzene rings is 3. The van der Waals surface area contributed by atoms with Crippen molar-refractivity contribution >= 4 is 21.0 Å².